The molecule has 0 bridgehead atoms. The molecule has 0 unspecified atom stereocenters. The molecule has 12 heteroatoms. The van der Waals surface area contributed by atoms with E-state index in [4.69, 9.17) is 10.5 Å². The third kappa shape index (κ3) is 5.65. The molecular formula is C31H27F3N4O5. The van der Waals surface area contributed by atoms with Gasteiger partial charge in [-0.05, 0) is 68.8 Å². The van der Waals surface area contributed by atoms with Crippen molar-refractivity contribution >= 4 is 34.2 Å². The minimum absolute atomic E-state index is 0.0477. The topological polar surface area (TPSA) is 144 Å². The second-order valence-corrected chi connectivity index (χ2v) is 10.8. The van der Waals surface area contributed by atoms with E-state index in [9.17, 15) is 32.7 Å². The van der Waals surface area contributed by atoms with Gasteiger partial charge in [0, 0.05) is 34.7 Å². The van der Waals surface area contributed by atoms with Crippen LogP contribution in [0.15, 0.2) is 60.8 Å². The highest BCUT2D eigenvalue weighted by Crippen LogP contribution is 2.46. The fourth-order valence-corrected chi connectivity index (χ4v) is 4.93. The van der Waals surface area contributed by atoms with Gasteiger partial charge in [0.1, 0.15) is 34.9 Å². The Morgan fingerprint density at radius 1 is 1.16 bits per heavy atom. The summed E-state index contributed by atoms with van der Waals surface area (Å²) in [5.41, 5.74) is 4.35. The summed E-state index contributed by atoms with van der Waals surface area (Å²) in [5.74, 6) is -2.81. The Morgan fingerprint density at radius 2 is 1.88 bits per heavy atom. The van der Waals surface area contributed by atoms with Crippen molar-refractivity contribution in [2.45, 2.75) is 44.1 Å². The predicted molar refractivity (Wildman–Crippen MR) is 151 cm³/mol. The Kier molecular flexibility index (Phi) is 7.65. The lowest BCUT2D eigenvalue weighted by atomic mass is 9.81. The molecule has 43 heavy (non-hydrogen) atoms. The lowest BCUT2D eigenvalue weighted by Gasteiger charge is -2.26. The molecule has 0 radical (unpaired) electrons. The highest BCUT2D eigenvalue weighted by atomic mass is 19.3. The first-order chi connectivity index (χ1) is 20.3. The number of nitrogens with one attached hydrogen (secondary N) is 1. The van der Waals surface area contributed by atoms with Gasteiger partial charge in [-0.15, -0.1) is 0 Å². The Balaban J connectivity index is 1.48. The maximum absolute atomic E-state index is 13.7. The number of halogens is 3. The molecule has 0 spiro atoms. The smallest absolute Gasteiger partial charge is 0.315 e. The van der Waals surface area contributed by atoms with Crippen LogP contribution >= 0.6 is 0 Å². The van der Waals surface area contributed by atoms with Crippen LogP contribution in [0.2, 0.25) is 0 Å². The zero-order valence-electron chi connectivity index (χ0n) is 23.2. The lowest BCUT2D eigenvalue weighted by molar-refractivity contribution is -0.126. The molecule has 1 aliphatic rings. The molecule has 2 atom stereocenters. The number of primary amides is 1. The Bertz CT molecular complexity index is 1760. The van der Waals surface area contributed by atoms with Crippen molar-refractivity contribution in [2.75, 3.05) is 11.9 Å². The molecule has 4 aromatic rings. The van der Waals surface area contributed by atoms with Gasteiger partial charge in [-0.1, -0.05) is 6.07 Å². The van der Waals surface area contributed by atoms with Crippen LogP contribution in [0, 0.1) is 5.82 Å². The molecule has 2 amide bonds. The van der Waals surface area contributed by atoms with Gasteiger partial charge in [0.25, 0.3) is 5.91 Å². The van der Waals surface area contributed by atoms with E-state index in [1.807, 2.05) is 0 Å². The summed E-state index contributed by atoms with van der Waals surface area (Å²) in [7, 11) is 0. The van der Waals surface area contributed by atoms with Crippen molar-refractivity contribution in [2.24, 2.45) is 5.73 Å². The predicted octanol–water partition coefficient (Wildman–Crippen LogP) is 4.65. The van der Waals surface area contributed by atoms with E-state index in [2.05, 4.69) is 15.3 Å². The van der Waals surface area contributed by atoms with Gasteiger partial charge >= 0.3 is 6.43 Å². The first-order valence-electron chi connectivity index (χ1n) is 13.3. The number of hydrogen-bond acceptors (Lipinski definition) is 7. The minimum Gasteiger partial charge on any atom is -0.489 e. The largest absolute Gasteiger partial charge is 0.489 e. The number of ketones is 1. The number of ether oxygens (including phenoxy) is 1. The van der Waals surface area contributed by atoms with Gasteiger partial charge in [-0.25, -0.2) is 9.37 Å². The van der Waals surface area contributed by atoms with E-state index in [-0.39, 0.29) is 53.4 Å². The van der Waals surface area contributed by atoms with Crippen molar-refractivity contribution in [3.05, 3.63) is 83.4 Å². The normalized spacial score (nSPS) is 17.3. The van der Waals surface area contributed by atoms with Gasteiger partial charge in [-0.3, -0.25) is 19.4 Å². The number of Topliss-reactive ketones (excluding diaryl/α,β-unsaturated/α-hetero) is 1. The van der Waals surface area contributed by atoms with E-state index < -0.39 is 40.9 Å². The maximum Gasteiger partial charge on any atom is 0.315 e. The fourth-order valence-electron chi connectivity index (χ4n) is 4.93. The number of amides is 2. The number of hydrogen-bond donors (Lipinski definition) is 3. The Hall–Kier alpha value is -4.84. The summed E-state index contributed by atoms with van der Waals surface area (Å²) in [6.07, 6.45) is -2.17. The van der Waals surface area contributed by atoms with Crippen molar-refractivity contribution in [1.29, 1.82) is 0 Å². The molecule has 0 fully saturated rings. The number of nitrogens with two attached hydrogens (primary N) is 1. The number of aliphatic hydroxyl groups is 1. The molecule has 5 rings (SSSR count). The summed E-state index contributed by atoms with van der Waals surface area (Å²) in [4.78, 5) is 46.2. The zero-order chi connectivity index (χ0) is 31.1. The average Bonchev–Trinajstić information content (AvgIpc) is 3.33. The number of carbonyl (C=O) groups is 3. The van der Waals surface area contributed by atoms with Crippen LogP contribution < -0.4 is 15.8 Å². The first-order valence-corrected chi connectivity index (χ1v) is 13.3. The molecule has 4 N–H and O–H groups in total. The van der Waals surface area contributed by atoms with E-state index in [1.54, 1.807) is 19.1 Å². The molecule has 0 saturated heterocycles. The molecule has 1 aliphatic heterocycles. The Labute approximate surface area is 243 Å². The van der Waals surface area contributed by atoms with E-state index in [0.717, 1.165) is 0 Å². The molecule has 2 aromatic carbocycles. The van der Waals surface area contributed by atoms with Gasteiger partial charge in [-0.2, -0.15) is 8.78 Å². The monoisotopic (exact) mass is 592 g/mol. The van der Waals surface area contributed by atoms with Gasteiger partial charge < -0.3 is 20.9 Å². The summed E-state index contributed by atoms with van der Waals surface area (Å²) < 4.78 is 45.4. The SMILES string of the molecule is C[C@](O)(CCC(=O)c1cc(NC(=O)C(F)F)c2ncccc2c1)c1cc2c(c(-c3ccc(F)cc3)n1)OC[C@]2(C)C(N)=O. The summed E-state index contributed by atoms with van der Waals surface area (Å²) in [5, 5.41) is 14.1. The van der Waals surface area contributed by atoms with Crippen LogP contribution in [-0.2, 0) is 20.6 Å². The maximum atomic E-state index is 13.7. The van der Waals surface area contributed by atoms with E-state index >= 15 is 0 Å². The molecule has 2 aromatic heterocycles. The second kappa shape index (κ2) is 11.1. The Morgan fingerprint density at radius 3 is 2.56 bits per heavy atom. The highest BCUT2D eigenvalue weighted by molar-refractivity contribution is 6.07. The molecule has 222 valence electrons. The van der Waals surface area contributed by atoms with Crippen LogP contribution in [0.25, 0.3) is 22.2 Å². The van der Waals surface area contributed by atoms with Crippen LogP contribution in [0.3, 0.4) is 0 Å². The van der Waals surface area contributed by atoms with Crippen molar-refractivity contribution in [3.8, 4) is 17.0 Å². The minimum atomic E-state index is -3.27. The zero-order valence-corrected chi connectivity index (χ0v) is 23.2. The number of aromatic nitrogens is 2. The third-order valence-corrected chi connectivity index (χ3v) is 7.61. The summed E-state index contributed by atoms with van der Waals surface area (Å²) >= 11 is 0. The van der Waals surface area contributed by atoms with Crippen molar-refractivity contribution in [1.82, 2.24) is 9.97 Å². The van der Waals surface area contributed by atoms with E-state index in [1.165, 1.54) is 55.6 Å². The summed E-state index contributed by atoms with van der Waals surface area (Å²) in [6.45, 7) is 3.01. The van der Waals surface area contributed by atoms with Gasteiger partial charge in [0.15, 0.2) is 5.78 Å². The van der Waals surface area contributed by atoms with Gasteiger partial charge in [0.05, 0.1) is 16.9 Å². The van der Waals surface area contributed by atoms with E-state index in [0.29, 0.717) is 16.5 Å². The molecular weight excluding hydrogens is 565 g/mol. The van der Waals surface area contributed by atoms with Crippen LogP contribution in [0.4, 0.5) is 18.9 Å². The van der Waals surface area contributed by atoms with Crippen LogP contribution in [-0.4, -0.2) is 45.7 Å². The molecule has 9 nitrogen and oxygen atoms in total. The van der Waals surface area contributed by atoms with Crippen molar-refractivity contribution in [3.63, 3.8) is 0 Å². The van der Waals surface area contributed by atoms with Crippen LogP contribution in [0.1, 0.15) is 48.3 Å². The number of alkyl halides is 2. The molecule has 0 saturated carbocycles. The quantitative estimate of drug-likeness (QED) is 0.240. The van der Waals surface area contributed by atoms with Gasteiger partial charge in [0.2, 0.25) is 5.91 Å². The number of fused-ring (bicyclic) bond motifs is 2. The highest BCUT2D eigenvalue weighted by Gasteiger charge is 2.45. The molecule has 0 aliphatic carbocycles. The molecule has 3 heterocycles. The number of carbonyl (C=O) groups excluding carboxylic acids is 3. The lowest BCUT2D eigenvalue weighted by Crippen LogP contribution is -2.40. The standard InChI is InChI=1S/C31H27F3N4O5/c1-30(29(35)41)15-43-26-20(30)14-23(38-25(26)16-5-7-19(32)8-6-16)31(2,42)10-9-22(39)18-12-17-4-3-11-36-24(17)21(13-18)37-28(40)27(33)34/h3-8,11-14,27,42H,9-10,15H2,1-2H3,(H2,35,41)(H,37,40)/t30-,31-/m0/s1. The van der Waals surface area contributed by atoms with Crippen LogP contribution in [0.5, 0.6) is 5.75 Å². The average molecular weight is 593 g/mol. The summed E-state index contributed by atoms with van der Waals surface area (Å²) in [6, 6.07) is 13.0. The third-order valence-electron chi connectivity index (χ3n) is 7.61. The number of anilines is 1. The second-order valence-electron chi connectivity index (χ2n) is 10.8. The number of benzene rings is 2. The number of nitrogens with zero attached hydrogens (tertiary/aromatic N) is 2. The fraction of sp³-hybridized carbons (Fsp3) is 0.258. The van der Waals surface area contributed by atoms with Crippen molar-refractivity contribution < 1.29 is 37.4 Å². The first kappa shape index (κ1) is 29.6. The number of pyridine rings is 2. The number of rotatable bonds is 9.